The second-order valence-electron chi connectivity index (χ2n) is 5.47. The van der Waals surface area contributed by atoms with Gasteiger partial charge in [0, 0.05) is 11.1 Å². The Labute approximate surface area is 131 Å². The third-order valence-electron chi connectivity index (χ3n) is 3.95. The SMILES string of the molecule is C/C=C/C=C/C(=O)NC(c1ccc(Cl)cc1)C1CCCC1. The molecule has 1 unspecified atom stereocenters. The molecule has 3 heteroatoms. The Balaban J connectivity index is 2.12. The van der Waals surface area contributed by atoms with E-state index in [0.717, 1.165) is 10.6 Å². The van der Waals surface area contributed by atoms with E-state index in [2.05, 4.69) is 5.32 Å². The van der Waals surface area contributed by atoms with E-state index in [4.69, 9.17) is 11.6 Å². The first kappa shape index (κ1) is 15.8. The van der Waals surface area contributed by atoms with E-state index in [9.17, 15) is 4.79 Å². The monoisotopic (exact) mass is 303 g/mol. The first-order valence-corrected chi connectivity index (χ1v) is 7.94. The van der Waals surface area contributed by atoms with Gasteiger partial charge in [0.15, 0.2) is 0 Å². The van der Waals surface area contributed by atoms with Crippen molar-refractivity contribution in [3.63, 3.8) is 0 Å². The first-order valence-electron chi connectivity index (χ1n) is 7.56. The molecule has 0 radical (unpaired) electrons. The molecule has 0 bridgehead atoms. The molecule has 0 spiro atoms. The summed E-state index contributed by atoms with van der Waals surface area (Å²) in [5.41, 5.74) is 1.14. The number of carbonyl (C=O) groups is 1. The van der Waals surface area contributed by atoms with Gasteiger partial charge in [-0.3, -0.25) is 4.79 Å². The van der Waals surface area contributed by atoms with Crippen molar-refractivity contribution in [1.29, 1.82) is 0 Å². The molecule has 1 amide bonds. The predicted molar refractivity (Wildman–Crippen MR) is 88.2 cm³/mol. The minimum atomic E-state index is -0.0417. The van der Waals surface area contributed by atoms with Crippen LogP contribution in [0.1, 0.15) is 44.2 Å². The largest absolute Gasteiger partial charge is 0.345 e. The highest BCUT2D eigenvalue weighted by Crippen LogP contribution is 2.36. The fourth-order valence-corrected chi connectivity index (χ4v) is 3.02. The maximum Gasteiger partial charge on any atom is 0.244 e. The number of amides is 1. The minimum Gasteiger partial charge on any atom is -0.345 e. The fourth-order valence-electron chi connectivity index (χ4n) is 2.89. The summed E-state index contributed by atoms with van der Waals surface area (Å²) in [5, 5.41) is 3.88. The molecule has 0 heterocycles. The lowest BCUT2D eigenvalue weighted by atomic mass is 9.91. The summed E-state index contributed by atoms with van der Waals surface area (Å²) in [6.45, 7) is 1.93. The van der Waals surface area contributed by atoms with Gasteiger partial charge in [-0.15, -0.1) is 0 Å². The summed E-state index contributed by atoms with van der Waals surface area (Å²) < 4.78 is 0. The van der Waals surface area contributed by atoms with Crippen molar-refractivity contribution in [2.24, 2.45) is 5.92 Å². The summed E-state index contributed by atoms with van der Waals surface area (Å²) in [6, 6.07) is 7.89. The van der Waals surface area contributed by atoms with Crippen LogP contribution in [0.4, 0.5) is 0 Å². The van der Waals surface area contributed by atoms with Crippen LogP contribution in [0, 0.1) is 5.92 Å². The maximum absolute atomic E-state index is 12.1. The third kappa shape index (κ3) is 4.75. The molecule has 1 fully saturated rings. The Morgan fingerprint density at radius 3 is 2.52 bits per heavy atom. The van der Waals surface area contributed by atoms with Gasteiger partial charge in [-0.05, 0) is 43.4 Å². The predicted octanol–water partition coefficient (Wildman–Crippen LogP) is 4.82. The molecule has 1 aromatic rings. The molecule has 0 aliphatic heterocycles. The lowest BCUT2D eigenvalue weighted by Gasteiger charge is -2.24. The average Bonchev–Trinajstić information content (AvgIpc) is 3.00. The van der Waals surface area contributed by atoms with Crippen LogP contribution in [0.3, 0.4) is 0 Å². The quantitative estimate of drug-likeness (QED) is 0.613. The van der Waals surface area contributed by atoms with Gasteiger partial charge in [-0.2, -0.15) is 0 Å². The highest BCUT2D eigenvalue weighted by Gasteiger charge is 2.27. The van der Waals surface area contributed by atoms with Crippen LogP contribution in [0.2, 0.25) is 5.02 Å². The topological polar surface area (TPSA) is 29.1 Å². The molecule has 2 rings (SSSR count). The Morgan fingerprint density at radius 1 is 1.24 bits per heavy atom. The van der Waals surface area contributed by atoms with Crippen LogP contribution in [0.25, 0.3) is 0 Å². The highest BCUT2D eigenvalue weighted by molar-refractivity contribution is 6.30. The van der Waals surface area contributed by atoms with Crippen molar-refractivity contribution < 1.29 is 4.79 Å². The van der Waals surface area contributed by atoms with Gasteiger partial charge in [-0.25, -0.2) is 0 Å². The van der Waals surface area contributed by atoms with Crippen molar-refractivity contribution in [2.75, 3.05) is 0 Å². The molecule has 1 saturated carbocycles. The minimum absolute atomic E-state index is 0.0417. The van der Waals surface area contributed by atoms with Gasteiger partial charge in [0.1, 0.15) is 0 Å². The summed E-state index contributed by atoms with van der Waals surface area (Å²) in [4.78, 5) is 12.1. The van der Waals surface area contributed by atoms with E-state index < -0.39 is 0 Å². The van der Waals surface area contributed by atoms with Crippen molar-refractivity contribution in [1.82, 2.24) is 5.32 Å². The van der Waals surface area contributed by atoms with Gasteiger partial charge in [0.2, 0.25) is 5.91 Å². The van der Waals surface area contributed by atoms with Crippen molar-refractivity contribution in [2.45, 2.75) is 38.6 Å². The standard InChI is InChI=1S/C18H22ClNO/c1-2-3-4-9-17(21)20-18(14-7-5-6-8-14)15-10-12-16(19)13-11-15/h2-4,9-14,18H,5-8H2,1H3,(H,20,21)/b3-2+,9-4+. The summed E-state index contributed by atoms with van der Waals surface area (Å²) in [5.74, 6) is 0.477. The smallest absolute Gasteiger partial charge is 0.244 e. The van der Waals surface area contributed by atoms with Crippen LogP contribution < -0.4 is 5.32 Å². The van der Waals surface area contributed by atoms with Crippen LogP contribution in [0.15, 0.2) is 48.6 Å². The summed E-state index contributed by atoms with van der Waals surface area (Å²) in [6.07, 6.45) is 11.9. The molecule has 112 valence electrons. The Bertz CT molecular complexity index is 513. The van der Waals surface area contributed by atoms with Crippen LogP contribution >= 0.6 is 11.6 Å². The molecule has 2 nitrogen and oxygen atoms in total. The number of hydrogen-bond donors (Lipinski definition) is 1. The zero-order chi connectivity index (χ0) is 15.1. The second-order valence-corrected chi connectivity index (χ2v) is 5.90. The number of nitrogens with one attached hydrogen (secondary N) is 1. The van der Waals surface area contributed by atoms with E-state index in [1.807, 2.05) is 43.3 Å². The van der Waals surface area contributed by atoms with Crippen molar-refractivity contribution in [3.8, 4) is 0 Å². The number of allylic oxidation sites excluding steroid dienone is 3. The van der Waals surface area contributed by atoms with Gasteiger partial charge >= 0.3 is 0 Å². The van der Waals surface area contributed by atoms with Gasteiger partial charge in [-0.1, -0.05) is 54.8 Å². The molecule has 1 aromatic carbocycles. The average molecular weight is 304 g/mol. The fraction of sp³-hybridized carbons (Fsp3) is 0.389. The zero-order valence-corrected chi connectivity index (χ0v) is 13.1. The number of carbonyl (C=O) groups excluding carboxylic acids is 1. The van der Waals surface area contributed by atoms with Crippen molar-refractivity contribution in [3.05, 3.63) is 59.2 Å². The van der Waals surface area contributed by atoms with Crippen LogP contribution in [-0.4, -0.2) is 5.91 Å². The molecule has 21 heavy (non-hydrogen) atoms. The van der Waals surface area contributed by atoms with Crippen molar-refractivity contribution >= 4 is 17.5 Å². The maximum atomic E-state index is 12.1. The van der Waals surface area contributed by atoms with E-state index in [-0.39, 0.29) is 11.9 Å². The zero-order valence-electron chi connectivity index (χ0n) is 12.4. The number of hydrogen-bond acceptors (Lipinski definition) is 1. The molecule has 0 aromatic heterocycles. The Morgan fingerprint density at radius 2 is 1.90 bits per heavy atom. The summed E-state index contributed by atoms with van der Waals surface area (Å²) >= 11 is 5.96. The molecule has 1 aliphatic carbocycles. The molecular weight excluding hydrogens is 282 g/mol. The van der Waals surface area contributed by atoms with Crippen LogP contribution in [0.5, 0.6) is 0 Å². The summed E-state index contributed by atoms with van der Waals surface area (Å²) in [7, 11) is 0. The lowest BCUT2D eigenvalue weighted by Crippen LogP contribution is -2.31. The van der Waals surface area contributed by atoms with E-state index in [1.54, 1.807) is 12.2 Å². The van der Waals surface area contributed by atoms with Gasteiger partial charge in [0.25, 0.3) is 0 Å². The lowest BCUT2D eigenvalue weighted by molar-refractivity contribution is -0.117. The second kappa shape index (κ2) is 8.04. The number of halogens is 1. The van der Waals surface area contributed by atoms with Gasteiger partial charge in [0.05, 0.1) is 6.04 Å². The van der Waals surface area contributed by atoms with E-state index in [1.165, 1.54) is 25.7 Å². The van der Waals surface area contributed by atoms with E-state index in [0.29, 0.717) is 5.92 Å². The highest BCUT2D eigenvalue weighted by atomic mass is 35.5. The number of benzene rings is 1. The molecular formula is C18H22ClNO. The first-order chi connectivity index (χ1) is 10.2. The normalized spacial score (nSPS) is 17.6. The Kier molecular flexibility index (Phi) is 6.06. The molecule has 1 N–H and O–H groups in total. The third-order valence-corrected chi connectivity index (χ3v) is 4.20. The molecule has 1 atom stereocenters. The molecule has 1 aliphatic rings. The van der Waals surface area contributed by atoms with Gasteiger partial charge < -0.3 is 5.32 Å². The number of rotatable bonds is 5. The Hall–Kier alpha value is -1.54. The van der Waals surface area contributed by atoms with Crippen LogP contribution in [-0.2, 0) is 4.79 Å². The molecule has 0 saturated heterocycles. The van der Waals surface area contributed by atoms with E-state index >= 15 is 0 Å².